The lowest BCUT2D eigenvalue weighted by Gasteiger charge is -2.58. The maximum Gasteiger partial charge on any atom is 0.222 e. The molecular weight excluding hydrogens is 360 g/mol. The summed E-state index contributed by atoms with van der Waals surface area (Å²) in [6.45, 7) is 11.4. The number of likely N-dealkylation sites (tertiary alicyclic amines) is 1. The molecule has 0 N–H and O–H groups in total. The van der Waals surface area contributed by atoms with Gasteiger partial charge in [-0.15, -0.1) is 0 Å². The summed E-state index contributed by atoms with van der Waals surface area (Å²) in [6.07, 6.45) is 2.49. The molecular formula is C22H31ClN2O2. The van der Waals surface area contributed by atoms with E-state index in [4.69, 9.17) is 16.3 Å². The SMILES string of the molecule is CC1(C)C[C@]2(CN3CCOCC3)CN(C(=O)CCc3ccccc3Cl)C[C@H]12. The minimum atomic E-state index is 0.279. The minimum absolute atomic E-state index is 0.279. The van der Waals surface area contributed by atoms with Crippen molar-refractivity contribution in [3.05, 3.63) is 34.9 Å². The summed E-state index contributed by atoms with van der Waals surface area (Å²) in [7, 11) is 0. The number of halogens is 1. The number of benzene rings is 1. The molecule has 1 aliphatic carbocycles. The van der Waals surface area contributed by atoms with Crippen LogP contribution in [0.2, 0.25) is 5.02 Å². The Morgan fingerprint density at radius 1 is 1.26 bits per heavy atom. The van der Waals surface area contributed by atoms with Gasteiger partial charge in [0.05, 0.1) is 13.2 Å². The number of morpholine rings is 1. The van der Waals surface area contributed by atoms with E-state index >= 15 is 0 Å². The first-order valence-electron chi connectivity index (χ1n) is 10.2. The van der Waals surface area contributed by atoms with E-state index in [9.17, 15) is 4.79 Å². The third-order valence-electron chi connectivity index (χ3n) is 6.96. The van der Waals surface area contributed by atoms with Crippen LogP contribution in [0.15, 0.2) is 24.3 Å². The Morgan fingerprint density at radius 2 is 2.00 bits per heavy atom. The Kier molecular flexibility index (Phi) is 5.26. The molecule has 1 aromatic carbocycles. The number of carbonyl (C=O) groups excluding carboxylic acids is 1. The molecule has 2 atom stereocenters. The van der Waals surface area contributed by atoms with Crippen LogP contribution < -0.4 is 0 Å². The average Bonchev–Trinajstić information content (AvgIpc) is 2.96. The number of fused-ring (bicyclic) bond motifs is 1. The van der Waals surface area contributed by atoms with Crippen molar-refractivity contribution in [2.45, 2.75) is 33.1 Å². The number of carbonyl (C=O) groups is 1. The highest BCUT2D eigenvalue weighted by molar-refractivity contribution is 6.31. The zero-order valence-electron chi connectivity index (χ0n) is 16.5. The summed E-state index contributed by atoms with van der Waals surface area (Å²) in [4.78, 5) is 17.6. The van der Waals surface area contributed by atoms with Crippen LogP contribution in [0.3, 0.4) is 0 Å². The van der Waals surface area contributed by atoms with E-state index in [1.54, 1.807) is 0 Å². The second-order valence-electron chi connectivity index (χ2n) is 9.33. The van der Waals surface area contributed by atoms with Crippen molar-refractivity contribution < 1.29 is 9.53 Å². The number of amides is 1. The van der Waals surface area contributed by atoms with Crippen LogP contribution in [-0.2, 0) is 16.0 Å². The molecule has 1 saturated carbocycles. The molecule has 1 aromatic rings. The van der Waals surface area contributed by atoms with Gasteiger partial charge in [0, 0.05) is 49.6 Å². The quantitative estimate of drug-likeness (QED) is 0.771. The molecule has 4 nitrogen and oxygen atoms in total. The van der Waals surface area contributed by atoms with Gasteiger partial charge in [0.1, 0.15) is 0 Å². The normalized spacial score (nSPS) is 30.0. The van der Waals surface area contributed by atoms with E-state index in [0.717, 1.165) is 62.9 Å². The van der Waals surface area contributed by atoms with Crippen molar-refractivity contribution in [3.8, 4) is 0 Å². The molecule has 2 saturated heterocycles. The van der Waals surface area contributed by atoms with Crippen LogP contribution in [-0.4, -0.2) is 61.6 Å². The number of ether oxygens (including phenoxy) is 1. The summed E-state index contributed by atoms with van der Waals surface area (Å²) >= 11 is 6.25. The molecule has 0 aromatic heterocycles. The number of aryl methyl sites for hydroxylation is 1. The molecule has 5 heteroatoms. The second kappa shape index (κ2) is 7.38. The van der Waals surface area contributed by atoms with Crippen LogP contribution in [0.25, 0.3) is 0 Å². The van der Waals surface area contributed by atoms with Gasteiger partial charge in [-0.3, -0.25) is 9.69 Å². The molecule has 0 bridgehead atoms. The van der Waals surface area contributed by atoms with Crippen molar-refractivity contribution in [1.29, 1.82) is 0 Å². The predicted molar refractivity (Wildman–Crippen MR) is 108 cm³/mol. The highest BCUT2D eigenvalue weighted by Gasteiger charge is 2.63. The highest BCUT2D eigenvalue weighted by atomic mass is 35.5. The first-order chi connectivity index (χ1) is 12.9. The number of rotatable bonds is 5. The van der Waals surface area contributed by atoms with Gasteiger partial charge in [-0.2, -0.15) is 0 Å². The molecule has 4 rings (SSSR count). The standard InChI is InChI=1S/C22H31ClN2O2/c1-21(2)14-22(15-24-9-11-27-12-10-24)16-25(13-19(21)22)20(26)8-7-17-5-3-4-6-18(17)23/h3-6,19H,7-16H2,1-2H3/t19-,22+/m1/s1. The Bertz CT molecular complexity index is 701. The van der Waals surface area contributed by atoms with Gasteiger partial charge in [-0.25, -0.2) is 0 Å². The Morgan fingerprint density at radius 3 is 2.70 bits per heavy atom. The molecule has 0 unspecified atom stereocenters. The number of hydrogen-bond donors (Lipinski definition) is 0. The van der Waals surface area contributed by atoms with Crippen molar-refractivity contribution in [2.24, 2.45) is 16.7 Å². The zero-order valence-corrected chi connectivity index (χ0v) is 17.3. The largest absolute Gasteiger partial charge is 0.379 e. The molecule has 0 spiro atoms. The molecule has 2 aliphatic heterocycles. The van der Waals surface area contributed by atoms with Crippen LogP contribution >= 0.6 is 11.6 Å². The van der Waals surface area contributed by atoms with E-state index in [0.29, 0.717) is 17.8 Å². The van der Waals surface area contributed by atoms with E-state index in [2.05, 4.69) is 23.6 Å². The summed E-state index contributed by atoms with van der Waals surface area (Å²) < 4.78 is 5.51. The highest BCUT2D eigenvalue weighted by Crippen LogP contribution is 2.63. The van der Waals surface area contributed by atoms with Crippen LogP contribution in [0.1, 0.15) is 32.3 Å². The van der Waals surface area contributed by atoms with E-state index in [-0.39, 0.29) is 11.3 Å². The lowest BCUT2D eigenvalue weighted by atomic mass is 9.48. The van der Waals surface area contributed by atoms with Gasteiger partial charge < -0.3 is 9.64 Å². The third-order valence-corrected chi connectivity index (χ3v) is 7.33. The maximum atomic E-state index is 12.9. The van der Waals surface area contributed by atoms with Gasteiger partial charge in [-0.05, 0) is 35.8 Å². The molecule has 2 heterocycles. The van der Waals surface area contributed by atoms with Crippen molar-refractivity contribution in [1.82, 2.24) is 9.80 Å². The lowest BCUT2D eigenvalue weighted by Crippen LogP contribution is -2.59. The average molecular weight is 391 g/mol. The molecule has 27 heavy (non-hydrogen) atoms. The molecule has 3 fully saturated rings. The van der Waals surface area contributed by atoms with Crippen LogP contribution in [0.5, 0.6) is 0 Å². The smallest absolute Gasteiger partial charge is 0.222 e. The monoisotopic (exact) mass is 390 g/mol. The van der Waals surface area contributed by atoms with E-state index < -0.39 is 0 Å². The number of hydrogen-bond acceptors (Lipinski definition) is 3. The van der Waals surface area contributed by atoms with E-state index in [1.165, 1.54) is 6.42 Å². The topological polar surface area (TPSA) is 32.8 Å². The Balaban J connectivity index is 1.39. The van der Waals surface area contributed by atoms with E-state index in [1.807, 2.05) is 24.3 Å². The molecule has 3 aliphatic rings. The van der Waals surface area contributed by atoms with Gasteiger partial charge in [-0.1, -0.05) is 43.6 Å². The van der Waals surface area contributed by atoms with Crippen molar-refractivity contribution in [2.75, 3.05) is 45.9 Å². The fraction of sp³-hybridized carbons (Fsp3) is 0.682. The predicted octanol–water partition coefficient (Wildman–Crippen LogP) is 3.48. The lowest BCUT2D eigenvalue weighted by molar-refractivity contribution is -0.130. The summed E-state index contributed by atoms with van der Waals surface area (Å²) in [6, 6.07) is 7.84. The van der Waals surface area contributed by atoms with Crippen LogP contribution in [0.4, 0.5) is 0 Å². The van der Waals surface area contributed by atoms with Crippen LogP contribution in [0, 0.1) is 16.7 Å². The van der Waals surface area contributed by atoms with Crippen molar-refractivity contribution in [3.63, 3.8) is 0 Å². The third kappa shape index (κ3) is 3.76. The molecule has 0 radical (unpaired) electrons. The first kappa shape index (κ1) is 19.2. The summed E-state index contributed by atoms with van der Waals surface area (Å²) in [5.74, 6) is 0.888. The molecule has 1 amide bonds. The van der Waals surface area contributed by atoms with Gasteiger partial charge >= 0.3 is 0 Å². The van der Waals surface area contributed by atoms with Crippen molar-refractivity contribution >= 4 is 17.5 Å². The summed E-state index contributed by atoms with van der Waals surface area (Å²) in [5, 5.41) is 0.761. The van der Waals surface area contributed by atoms with Gasteiger partial charge in [0.25, 0.3) is 0 Å². The number of nitrogens with zero attached hydrogens (tertiary/aromatic N) is 2. The maximum absolute atomic E-state index is 12.9. The fourth-order valence-electron chi connectivity index (χ4n) is 5.84. The zero-order chi connectivity index (χ0) is 19.1. The second-order valence-corrected chi connectivity index (χ2v) is 9.74. The minimum Gasteiger partial charge on any atom is -0.379 e. The van der Waals surface area contributed by atoms with Gasteiger partial charge in [0.15, 0.2) is 0 Å². The Hall–Kier alpha value is -1.10. The van der Waals surface area contributed by atoms with Gasteiger partial charge in [0.2, 0.25) is 5.91 Å². The fourth-order valence-corrected chi connectivity index (χ4v) is 6.07. The molecule has 148 valence electrons. The summed E-state index contributed by atoms with van der Waals surface area (Å²) in [5.41, 5.74) is 1.68. The first-order valence-corrected chi connectivity index (χ1v) is 10.6. The Labute approximate surface area is 167 Å².